The number of carbonyl (C=O) groups excluding carboxylic acids is 3. The molecule has 3 aromatic carbocycles. The van der Waals surface area contributed by atoms with Crippen molar-refractivity contribution in [1.29, 1.82) is 0 Å². The molecular weight excluding hydrogens is 430 g/mol. The maximum Gasteiger partial charge on any atom is 0.263 e. The SMILES string of the molecule is O=C1c2ccccc2C(=O)N1CN(C(=O)c1ccc(Cl)cc1Cl)c1cccc(F)c1. The predicted molar refractivity (Wildman–Crippen MR) is 111 cm³/mol. The smallest absolute Gasteiger partial charge is 0.263 e. The summed E-state index contributed by atoms with van der Waals surface area (Å²) in [6.45, 7) is -0.409. The van der Waals surface area contributed by atoms with Gasteiger partial charge < -0.3 is 0 Å². The van der Waals surface area contributed by atoms with E-state index >= 15 is 0 Å². The lowest BCUT2D eigenvalue weighted by molar-refractivity contribution is 0.0650. The Labute approximate surface area is 181 Å². The highest BCUT2D eigenvalue weighted by Gasteiger charge is 2.37. The van der Waals surface area contributed by atoms with Crippen LogP contribution in [0.25, 0.3) is 0 Å². The Morgan fingerprint density at radius 2 is 1.57 bits per heavy atom. The van der Waals surface area contributed by atoms with Crippen LogP contribution in [0, 0.1) is 5.82 Å². The highest BCUT2D eigenvalue weighted by atomic mass is 35.5. The normalized spacial score (nSPS) is 12.8. The number of anilines is 1. The molecule has 5 nitrogen and oxygen atoms in total. The van der Waals surface area contributed by atoms with E-state index in [1.54, 1.807) is 24.3 Å². The number of benzene rings is 3. The minimum absolute atomic E-state index is 0.0938. The fourth-order valence-electron chi connectivity index (χ4n) is 3.22. The van der Waals surface area contributed by atoms with Crippen LogP contribution in [0.5, 0.6) is 0 Å². The standard InChI is InChI=1S/C22H13Cl2FN2O3/c23-13-8-9-18(19(24)10-13)22(30)26(15-5-3-4-14(25)11-15)12-27-20(28)16-6-1-2-7-17(16)21(27)29/h1-11H,12H2. The van der Waals surface area contributed by atoms with E-state index in [4.69, 9.17) is 23.2 Å². The van der Waals surface area contributed by atoms with Gasteiger partial charge >= 0.3 is 0 Å². The Balaban J connectivity index is 1.74. The molecule has 8 heteroatoms. The number of hydrogen-bond donors (Lipinski definition) is 0. The summed E-state index contributed by atoms with van der Waals surface area (Å²) >= 11 is 12.1. The third-order valence-corrected chi connectivity index (χ3v) is 5.24. The van der Waals surface area contributed by atoms with Gasteiger partial charge in [0.15, 0.2) is 0 Å². The molecular formula is C22H13Cl2FN2O3. The molecule has 0 saturated carbocycles. The first-order chi connectivity index (χ1) is 14.4. The third kappa shape index (κ3) is 3.56. The summed E-state index contributed by atoms with van der Waals surface area (Å²) in [6, 6.07) is 16.0. The van der Waals surface area contributed by atoms with Gasteiger partial charge in [-0.3, -0.25) is 24.2 Å². The largest absolute Gasteiger partial charge is 0.289 e. The van der Waals surface area contributed by atoms with Gasteiger partial charge in [0.2, 0.25) is 0 Å². The number of halogens is 3. The zero-order valence-corrected chi connectivity index (χ0v) is 16.8. The second-order valence-electron chi connectivity index (χ2n) is 6.56. The molecule has 0 unspecified atom stereocenters. The molecule has 0 spiro atoms. The average Bonchev–Trinajstić information content (AvgIpc) is 2.96. The van der Waals surface area contributed by atoms with Gasteiger partial charge in [-0.1, -0.05) is 41.4 Å². The molecule has 0 aromatic heterocycles. The van der Waals surface area contributed by atoms with Crippen LogP contribution in [-0.4, -0.2) is 29.3 Å². The molecule has 0 fully saturated rings. The lowest BCUT2D eigenvalue weighted by Gasteiger charge is -2.27. The Kier molecular flexibility index (Phi) is 5.28. The van der Waals surface area contributed by atoms with Crippen LogP contribution in [0.15, 0.2) is 66.7 Å². The fraction of sp³-hybridized carbons (Fsp3) is 0.0455. The molecule has 1 aliphatic rings. The molecule has 0 saturated heterocycles. The van der Waals surface area contributed by atoms with Crippen LogP contribution in [0.2, 0.25) is 10.0 Å². The maximum atomic E-state index is 13.9. The van der Waals surface area contributed by atoms with Crippen molar-refractivity contribution < 1.29 is 18.8 Å². The first-order valence-corrected chi connectivity index (χ1v) is 9.60. The monoisotopic (exact) mass is 442 g/mol. The van der Waals surface area contributed by atoms with E-state index in [-0.39, 0.29) is 27.4 Å². The van der Waals surface area contributed by atoms with E-state index < -0.39 is 30.2 Å². The number of imide groups is 1. The van der Waals surface area contributed by atoms with E-state index in [9.17, 15) is 18.8 Å². The number of carbonyl (C=O) groups is 3. The first kappa shape index (κ1) is 20.1. The Bertz CT molecular complexity index is 1160. The van der Waals surface area contributed by atoms with Crippen molar-refractivity contribution in [2.75, 3.05) is 11.6 Å². The van der Waals surface area contributed by atoms with Gasteiger partial charge in [0.1, 0.15) is 12.5 Å². The summed E-state index contributed by atoms with van der Waals surface area (Å²) < 4.78 is 13.9. The third-order valence-electron chi connectivity index (χ3n) is 4.69. The molecule has 0 atom stereocenters. The van der Waals surface area contributed by atoms with Gasteiger partial charge in [0, 0.05) is 10.7 Å². The molecule has 1 heterocycles. The Hall–Kier alpha value is -3.22. The van der Waals surface area contributed by atoms with E-state index in [0.29, 0.717) is 5.02 Å². The molecule has 4 rings (SSSR count). The topological polar surface area (TPSA) is 57.7 Å². The number of nitrogens with zero attached hydrogens (tertiary/aromatic N) is 2. The van der Waals surface area contributed by atoms with Crippen molar-refractivity contribution in [2.24, 2.45) is 0 Å². The number of hydrogen-bond acceptors (Lipinski definition) is 3. The summed E-state index contributed by atoms with van der Waals surface area (Å²) in [5, 5.41) is 0.436. The van der Waals surface area contributed by atoms with Crippen LogP contribution in [0.4, 0.5) is 10.1 Å². The minimum Gasteiger partial charge on any atom is -0.289 e. The van der Waals surface area contributed by atoms with Crippen molar-refractivity contribution >= 4 is 46.6 Å². The summed E-state index contributed by atoms with van der Waals surface area (Å²) in [6.07, 6.45) is 0. The predicted octanol–water partition coefficient (Wildman–Crippen LogP) is 5.03. The van der Waals surface area contributed by atoms with Crippen molar-refractivity contribution in [3.05, 3.63) is 99.3 Å². The zero-order chi connectivity index (χ0) is 21.4. The van der Waals surface area contributed by atoms with Gasteiger partial charge in [0.25, 0.3) is 17.7 Å². The maximum absolute atomic E-state index is 13.9. The van der Waals surface area contributed by atoms with Crippen LogP contribution < -0.4 is 4.90 Å². The molecule has 1 aliphatic heterocycles. The summed E-state index contributed by atoms with van der Waals surface area (Å²) in [5.41, 5.74) is 0.766. The van der Waals surface area contributed by atoms with E-state index in [1.165, 1.54) is 36.4 Å². The number of fused-ring (bicyclic) bond motifs is 1. The van der Waals surface area contributed by atoms with Gasteiger partial charge in [-0.15, -0.1) is 0 Å². The summed E-state index contributed by atoms with van der Waals surface area (Å²) in [5.74, 6) is -2.26. The van der Waals surface area contributed by atoms with Gasteiger partial charge in [-0.25, -0.2) is 4.39 Å². The van der Waals surface area contributed by atoms with Crippen molar-refractivity contribution in [3.63, 3.8) is 0 Å². The molecule has 3 amide bonds. The second kappa shape index (κ2) is 7.89. The van der Waals surface area contributed by atoms with E-state index in [0.717, 1.165) is 15.9 Å². The van der Waals surface area contributed by atoms with Crippen LogP contribution in [-0.2, 0) is 0 Å². The number of amides is 3. The van der Waals surface area contributed by atoms with E-state index in [1.807, 2.05) is 0 Å². The minimum atomic E-state index is -0.612. The fourth-order valence-corrected chi connectivity index (χ4v) is 3.71. The van der Waals surface area contributed by atoms with Crippen molar-refractivity contribution in [1.82, 2.24) is 4.90 Å². The molecule has 0 aliphatic carbocycles. The number of rotatable bonds is 4. The van der Waals surface area contributed by atoms with Crippen molar-refractivity contribution in [2.45, 2.75) is 0 Å². The van der Waals surface area contributed by atoms with Crippen LogP contribution in [0.3, 0.4) is 0 Å². The molecule has 0 bridgehead atoms. The van der Waals surface area contributed by atoms with Crippen LogP contribution >= 0.6 is 23.2 Å². The van der Waals surface area contributed by atoms with Gasteiger partial charge in [-0.2, -0.15) is 0 Å². The van der Waals surface area contributed by atoms with Gasteiger partial charge in [0.05, 0.1) is 21.7 Å². The molecule has 3 aromatic rings. The molecule has 150 valence electrons. The lowest BCUT2D eigenvalue weighted by Crippen LogP contribution is -2.44. The zero-order valence-electron chi connectivity index (χ0n) is 15.3. The summed E-state index contributed by atoms with van der Waals surface area (Å²) in [4.78, 5) is 40.9. The molecule has 0 radical (unpaired) electrons. The van der Waals surface area contributed by atoms with Crippen molar-refractivity contribution in [3.8, 4) is 0 Å². The van der Waals surface area contributed by atoms with E-state index in [2.05, 4.69) is 0 Å². The van der Waals surface area contributed by atoms with Crippen LogP contribution in [0.1, 0.15) is 31.1 Å². The Morgan fingerprint density at radius 3 is 2.17 bits per heavy atom. The Morgan fingerprint density at radius 1 is 0.900 bits per heavy atom. The first-order valence-electron chi connectivity index (χ1n) is 8.84. The summed E-state index contributed by atoms with van der Waals surface area (Å²) in [7, 11) is 0. The molecule has 30 heavy (non-hydrogen) atoms. The molecule has 0 N–H and O–H groups in total. The highest BCUT2D eigenvalue weighted by Crippen LogP contribution is 2.28. The lowest BCUT2D eigenvalue weighted by atomic mass is 10.1. The highest BCUT2D eigenvalue weighted by molar-refractivity contribution is 6.37. The quantitative estimate of drug-likeness (QED) is 0.532. The average molecular weight is 443 g/mol. The van der Waals surface area contributed by atoms with Gasteiger partial charge in [-0.05, 0) is 48.5 Å². The second-order valence-corrected chi connectivity index (χ2v) is 7.41.